The lowest BCUT2D eigenvalue weighted by Gasteiger charge is -2.05. The number of hydrogen-bond acceptors (Lipinski definition) is 4. The van der Waals surface area contributed by atoms with E-state index in [1.165, 1.54) is 17.7 Å². The second-order valence-corrected chi connectivity index (χ2v) is 5.46. The van der Waals surface area contributed by atoms with E-state index in [1.807, 2.05) is 6.07 Å². The number of fused-ring (bicyclic) bond motifs is 1. The van der Waals surface area contributed by atoms with Crippen molar-refractivity contribution >= 4 is 21.6 Å². The van der Waals surface area contributed by atoms with E-state index in [0.29, 0.717) is 5.69 Å². The van der Waals surface area contributed by atoms with E-state index in [-0.39, 0.29) is 12.0 Å². The Bertz CT molecular complexity index is 726. The highest BCUT2D eigenvalue weighted by molar-refractivity contribution is 7.18. The Morgan fingerprint density at radius 2 is 2.15 bits per heavy atom. The average molecular weight is 298 g/mol. The Morgan fingerprint density at radius 3 is 2.85 bits per heavy atom. The third kappa shape index (κ3) is 2.26. The number of halogens is 3. The van der Waals surface area contributed by atoms with Crippen molar-refractivity contribution in [1.29, 1.82) is 0 Å². The zero-order valence-corrected chi connectivity index (χ0v) is 11.1. The predicted molar refractivity (Wildman–Crippen MR) is 68.5 cm³/mol. The van der Waals surface area contributed by atoms with Gasteiger partial charge in [0.15, 0.2) is 5.69 Å². The van der Waals surface area contributed by atoms with Gasteiger partial charge in [-0.1, -0.05) is 0 Å². The first-order valence-corrected chi connectivity index (χ1v) is 6.56. The van der Waals surface area contributed by atoms with Crippen LogP contribution < -0.4 is 0 Å². The van der Waals surface area contributed by atoms with Crippen molar-refractivity contribution < 1.29 is 13.2 Å². The van der Waals surface area contributed by atoms with Gasteiger partial charge < -0.3 is 0 Å². The van der Waals surface area contributed by atoms with Gasteiger partial charge in [-0.05, 0) is 13.0 Å². The molecule has 3 heterocycles. The van der Waals surface area contributed by atoms with E-state index in [0.717, 1.165) is 15.1 Å². The highest BCUT2D eigenvalue weighted by Gasteiger charge is 2.37. The van der Waals surface area contributed by atoms with Crippen LogP contribution in [0.25, 0.3) is 10.2 Å². The largest absolute Gasteiger partial charge is 0.435 e. The molecular weight excluding hydrogens is 289 g/mol. The van der Waals surface area contributed by atoms with Crippen molar-refractivity contribution in [2.75, 3.05) is 0 Å². The third-order valence-corrected chi connectivity index (χ3v) is 4.00. The summed E-state index contributed by atoms with van der Waals surface area (Å²) in [6, 6.07) is 1.81. The number of thiophene rings is 1. The summed E-state index contributed by atoms with van der Waals surface area (Å²) in [7, 11) is 0. The van der Waals surface area contributed by atoms with Crippen LogP contribution in [-0.2, 0) is 12.6 Å². The zero-order valence-electron chi connectivity index (χ0n) is 10.3. The maximum atomic E-state index is 12.9. The van der Waals surface area contributed by atoms with E-state index in [9.17, 15) is 13.2 Å². The summed E-state index contributed by atoms with van der Waals surface area (Å²) < 4.78 is 38.6. The fourth-order valence-electron chi connectivity index (χ4n) is 2.00. The summed E-state index contributed by atoms with van der Waals surface area (Å²) in [6.07, 6.45) is -1.20. The topological polar surface area (TPSA) is 54.5 Å². The predicted octanol–water partition coefficient (Wildman–Crippen LogP) is 3.33. The van der Waals surface area contributed by atoms with Crippen molar-refractivity contribution in [3.8, 4) is 0 Å². The molecule has 0 aliphatic heterocycles. The molecule has 0 bridgehead atoms. The van der Waals surface area contributed by atoms with Gasteiger partial charge in [0.1, 0.15) is 11.2 Å². The Hall–Kier alpha value is -1.96. The molecule has 3 aromatic rings. The molecule has 0 aromatic carbocycles. The van der Waals surface area contributed by atoms with Crippen LogP contribution in [0.4, 0.5) is 13.2 Å². The van der Waals surface area contributed by atoms with Crippen LogP contribution in [0.15, 0.2) is 18.6 Å². The minimum Gasteiger partial charge on any atom is -0.282 e. The van der Waals surface area contributed by atoms with Gasteiger partial charge in [0.05, 0.1) is 0 Å². The molecule has 0 aliphatic rings. The number of aromatic amines is 1. The van der Waals surface area contributed by atoms with Crippen LogP contribution in [0.1, 0.15) is 21.8 Å². The molecule has 8 heteroatoms. The second kappa shape index (κ2) is 4.55. The van der Waals surface area contributed by atoms with Gasteiger partial charge in [0.25, 0.3) is 0 Å². The first-order valence-electron chi connectivity index (χ1n) is 5.74. The van der Waals surface area contributed by atoms with Crippen molar-refractivity contribution in [2.24, 2.45) is 0 Å². The van der Waals surface area contributed by atoms with Gasteiger partial charge >= 0.3 is 6.18 Å². The second-order valence-electron chi connectivity index (χ2n) is 4.35. The normalized spacial score (nSPS) is 12.2. The number of nitrogens with zero attached hydrogens (tertiary/aromatic N) is 3. The molecule has 1 N–H and O–H groups in total. The Morgan fingerprint density at radius 1 is 1.35 bits per heavy atom. The highest BCUT2D eigenvalue weighted by Crippen LogP contribution is 2.34. The van der Waals surface area contributed by atoms with E-state index in [1.54, 1.807) is 13.1 Å². The molecular formula is C12H9F3N4S. The summed E-state index contributed by atoms with van der Waals surface area (Å²) >= 11 is 1.36. The van der Waals surface area contributed by atoms with Crippen LogP contribution in [0.5, 0.6) is 0 Å². The lowest BCUT2D eigenvalue weighted by Crippen LogP contribution is -2.09. The monoisotopic (exact) mass is 298 g/mol. The molecule has 0 saturated carbocycles. The van der Waals surface area contributed by atoms with Gasteiger partial charge in [-0.2, -0.15) is 18.3 Å². The maximum Gasteiger partial charge on any atom is 0.435 e. The summed E-state index contributed by atoms with van der Waals surface area (Å²) in [5.74, 6) is 0. The van der Waals surface area contributed by atoms with Gasteiger partial charge in [-0.25, -0.2) is 9.97 Å². The van der Waals surface area contributed by atoms with Crippen LogP contribution in [-0.4, -0.2) is 20.2 Å². The quantitative estimate of drug-likeness (QED) is 0.789. The molecule has 104 valence electrons. The van der Waals surface area contributed by atoms with Crippen LogP contribution in [0.2, 0.25) is 0 Å². The number of nitrogens with one attached hydrogen (secondary N) is 1. The number of rotatable bonds is 2. The summed E-state index contributed by atoms with van der Waals surface area (Å²) in [4.78, 5) is 9.55. The van der Waals surface area contributed by atoms with Crippen molar-refractivity contribution in [3.63, 3.8) is 0 Å². The van der Waals surface area contributed by atoms with Crippen molar-refractivity contribution in [1.82, 2.24) is 20.2 Å². The smallest absolute Gasteiger partial charge is 0.282 e. The number of aromatic nitrogens is 4. The van der Waals surface area contributed by atoms with E-state index in [4.69, 9.17) is 0 Å². The molecule has 20 heavy (non-hydrogen) atoms. The maximum absolute atomic E-state index is 12.9. The molecule has 0 saturated heterocycles. The molecule has 0 fully saturated rings. The SMILES string of the molecule is Cc1[nH]nc(C(F)(F)F)c1Cc1cc2cncnc2s1. The molecule has 3 aromatic heterocycles. The fourth-order valence-corrected chi connectivity index (χ4v) is 2.99. The zero-order chi connectivity index (χ0) is 14.3. The van der Waals surface area contributed by atoms with Crippen LogP contribution in [0.3, 0.4) is 0 Å². The molecule has 4 nitrogen and oxygen atoms in total. The first-order chi connectivity index (χ1) is 9.45. The lowest BCUT2D eigenvalue weighted by atomic mass is 10.1. The average Bonchev–Trinajstić information content (AvgIpc) is 2.93. The van der Waals surface area contributed by atoms with Gasteiger partial charge in [0, 0.05) is 34.1 Å². The molecule has 0 radical (unpaired) electrons. The standard InChI is InChI=1S/C12H9F3N4S/c1-6-9(10(19-18-6)12(13,14)15)3-8-2-7-4-16-5-17-11(7)20-8/h2,4-5H,3H2,1H3,(H,18,19). The van der Waals surface area contributed by atoms with Crippen LogP contribution in [0, 0.1) is 6.92 Å². The molecule has 3 rings (SSSR count). The van der Waals surface area contributed by atoms with Gasteiger partial charge in [0.2, 0.25) is 0 Å². The number of alkyl halides is 3. The van der Waals surface area contributed by atoms with E-state index >= 15 is 0 Å². The minimum atomic E-state index is -4.45. The number of H-pyrrole nitrogens is 1. The number of hydrogen-bond donors (Lipinski definition) is 1. The number of aryl methyl sites for hydroxylation is 1. The van der Waals surface area contributed by atoms with Crippen LogP contribution >= 0.6 is 11.3 Å². The summed E-state index contributed by atoms with van der Waals surface area (Å²) in [5.41, 5.74) is -0.239. The minimum absolute atomic E-state index is 0.178. The van der Waals surface area contributed by atoms with E-state index in [2.05, 4.69) is 20.2 Å². The summed E-state index contributed by atoms with van der Waals surface area (Å²) in [5, 5.41) is 6.60. The summed E-state index contributed by atoms with van der Waals surface area (Å²) in [6.45, 7) is 1.59. The molecule has 0 spiro atoms. The Labute approximate surface area is 115 Å². The molecule has 0 amide bonds. The highest BCUT2D eigenvalue weighted by atomic mass is 32.1. The fraction of sp³-hybridized carbons (Fsp3) is 0.250. The molecule has 0 unspecified atom stereocenters. The van der Waals surface area contributed by atoms with E-state index < -0.39 is 11.9 Å². The Kier molecular flexibility index (Phi) is 2.97. The van der Waals surface area contributed by atoms with Crippen molar-refractivity contribution in [3.05, 3.63) is 40.4 Å². The van der Waals surface area contributed by atoms with Crippen molar-refractivity contribution in [2.45, 2.75) is 19.5 Å². The molecule has 0 atom stereocenters. The first kappa shape index (κ1) is 13.0. The van der Waals surface area contributed by atoms with Gasteiger partial charge in [-0.15, -0.1) is 11.3 Å². The molecule has 0 aliphatic carbocycles. The third-order valence-electron chi connectivity index (χ3n) is 2.94. The van der Waals surface area contributed by atoms with Gasteiger partial charge in [-0.3, -0.25) is 5.10 Å². The lowest BCUT2D eigenvalue weighted by molar-refractivity contribution is -0.141. The Balaban J connectivity index is 2.01.